The molecule has 0 radical (unpaired) electrons. The third-order valence-corrected chi connectivity index (χ3v) is 5.35. The molecule has 2 heterocycles. The van der Waals surface area contributed by atoms with Gasteiger partial charge in [-0.3, -0.25) is 9.69 Å². The summed E-state index contributed by atoms with van der Waals surface area (Å²) in [6.45, 7) is 7.53. The van der Waals surface area contributed by atoms with Gasteiger partial charge in [0, 0.05) is 25.7 Å². The minimum absolute atomic E-state index is 0.196. The highest BCUT2D eigenvalue weighted by Gasteiger charge is 2.27. The first-order chi connectivity index (χ1) is 15.8. The summed E-state index contributed by atoms with van der Waals surface area (Å²) in [5.41, 5.74) is 3.65. The van der Waals surface area contributed by atoms with Crippen LogP contribution in [0.2, 0.25) is 0 Å². The fourth-order valence-electron chi connectivity index (χ4n) is 3.70. The summed E-state index contributed by atoms with van der Waals surface area (Å²) in [4.78, 5) is 26.5. The highest BCUT2D eigenvalue weighted by atomic mass is 16.6. The first-order valence-corrected chi connectivity index (χ1v) is 11.1. The summed E-state index contributed by atoms with van der Waals surface area (Å²) < 4.78 is 12.6. The number of fused-ring (bicyclic) bond motifs is 1. The monoisotopic (exact) mass is 447 g/mol. The highest BCUT2D eigenvalue weighted by molar-refractivity contribution is 5.69. The van der Waals surface area contributed by atoms with E-state index in [9.17, 15) is 9.59 Å². The Balaban J connectivity index is 1.33. The maximum atomic E-state index is 12.5. The molecule has 0 unspecified atom stereocenters. The number of aromatic nitrogens is 2. The van der Waals surface area contributed by atoms with E-state index in [1.165, 1.54) is 10.7 Å². The molecular weight excluding hydrogens is 418 g/mol. The summed E-state index contributed by atoms with van der Waals surface area (Å²) >= 11 is 0. The van der Waals surface area contributed by atoms with E-state index in [1.54, 1.807) is 11.1 Å². The molecule has 0 fully saturated rings. The number of hydrogen-bond acceptors (Lipinski definition) is 5. The lowest BCUT2D eigenvalue weighted by molar-refractivity contribution is 0.0242. The van der Waals surface area contributed by atoms with Crippen LogP contribution in [-0.4, -0.2) is 26.4 Å². The van der Waals surface area contributed by atoms with Crippen LogP contribution in [-0.2, 0) is 37.4 Å². The van der Waals surface area contributed by atoms with Gasteiger partial charge in [0.05, 0.1) is 6.20 Å². The van der Waals surface area contributed by atoms with Crippen LogP contribution in [0.15, 0.2) is 65.6 Å². The number of amides is 1. The van der Waals surface area contributed by atoms with Crippen LogP contribution in [0.4, 0.5) is 4.79 Å². The third kappa shape index (κ3) is 6.00. The Labute approximate surface area is 193 Å². The lowest BCUT2D eigenvalue weighted by atomic mass is 10.0. The van der Waals surface area contributed by atoms with Gasteiger partial charge in [0.2, 0.25) is 0 Å². The Morgan fingerprint density at radius 3 is 2.48 bits per heavy atom. The van der Waals surface area contributed by atoms with Crippen LogP contribution in [0.25, 0.3) is 0 Å². The van der Waals surface area contributed by atoms with Gasteiger partial charge in [0.1, 0.15) is 18.0 Å². The van der Waals surface area contributed by atoms with Crippen molar-refractivity contribution in [3.63, 3.8) is 0 Å². The largest absolute Gasteiger partial charge is 0.487 e. The van der Waals surface area contributed by atoms with Crippen molar-refractivity contribution in [3.05, 3.63) is 93.4 Å². The molecule has 7 nitrogen and oxygen atoms in total. The van der Waals surface area contributed by atoms with E-state index < -0.39 is 5.60 Å². The summed E-state index contributed by atoms with van der Waals surface area (Å²) in [5.74, 6) is 0.458. The molecule has 33 heavy (non-hydrogen) atoms. The van der Waals surface area contributed by atoms with E-state index in [1.807, 2.05) is 63.2 Å². The zero-order valence-corrected chi connectivity index (χ0v) is 19.3. The molecule has 0 atom stereocenters. The summed E-state index contributed by atoms with van der Waals surface area (Å²) in [5, 5.41) is 4.26. The molecule has 0 spiro atoms. The Kier molecular flexibility index (Phi) is 6.49. The number of rotatable bonds is 6. The van der Waals surface area contributed by atoms with E-state index in [0.29, 0.717) is 38.4 Å². The first-order valence-electron chi connectivity index (χ1n) is 11.1. The van der Waals surface area contributed by atoms with Gasteiger partial charge in [-0.05, 0) is 49.4 Å². The number of aryl methyl sites for hydroxylation is 2. The number of nitrogens with zero attached hydrogens (tertiary/aromatic N) is 3. The van der Waals surface area contributed by atoms with Gasteiger partial charge in [0.25, 0.3) is 5.56 Å². The second-order valence-corrected chi connectivity index (χ2v) is 9.22. The van der Waals surface area contributed by atoms with Crippen molar-refractivity contribution < 1.29 is 14.3 Å². The zero-order chi connectivity index (χ0) is 23.4. The van der Waals surface area contributed by atoms with Crippen molar-refractivity contribution in [3.8, 4) is 5.75 Å². The average Bonchev–Trinajstić information content (AvgIpc) is 3.20. The fraction of sp³-hybridized carbons (Fsp3) is 0.346. The van der Waals surface area contributed by atoms with Gasteiger partial charge < -0.3 is 9.47 Å². The van der Waals surface area contributed by atoms with E-state index in [4.69, 9.17) is 9.47 Å². The van der Waals surface area contributed by atoms with E-state index in [-0.39, 0.29) is 11.7 Å². The number of carbonyl (C=O) groups excluding carboxylic acids is 1. The molecule has 1 aliphatic rings. The average molecular weight is 448 g/mol. The fourth-order valence-corrected chi connectivity index (χ4v) is 3.70. The highest BCUT2D eigenvalue weighted by Crippen LogP contribution is 2.26. The van der Waals surface area contributed by atoms with Crippen LogP contribution >= 0.6 is 0 Å². The third-order valence-electron chi connectivity index (χ3n) is 5.35. The summed E-state index contributed by atoms with van der Waals surface area (Å²) in [7, 11) is 0. The second kappa shape index (κ2) is 9.48. The standard InChI is InChI=1S/C26H29N3O4/c1-26(2,3)33-25(31)28-16-21-10-9-19(13-22(21)17-28)11-12-29-24(30)14-23(15-27-29)32-18-20-7-5-4-6-8-20/h4-10,13-15H,11-12,16-18H2,1-3H3. The molecule has 2 aromatic carbocycles. The molecule has 0 N–H and O–H groups in total. The van der Waals surface area contributed by atoms with Crippen molar-refractivity contribution in [1.29, 1.82) is 0 Å². The Hall–Kier alpha value is -3.61. The number of benzene rings is 2. The predicted molar refractivity (Wildman–Crippen MR) is 125 cm³/mol. The minimum Gasteiger partial charge on any atom is -0.487 e. The second-order valence-electron chi connectivity index (χ2n) is 9.22. The number of ether oxygens (including phenoxy) is 2. The molecule has 1 aromatic heterocycles. The molecule has 0 aliphatic carbocycles. The van der Waals surface area contributed by atoms with E-state index in [0.717, 1.165) is 22.3 Å². The molecule has 0 bridgehead atoms. The smallest absolute Gasteiger partial charge is 0.410 e. The molecule has 172 valence electrons. The van der Waals surface area contributed by atoms with Gasteiger partial charge in [-0.2, -0.15) is 5.10 Å². The molecular formula is C26H29N3O4. The van der Waals surface area contributed by atoms with Gasteiger partial charge in [-0.1, -0.05) is 48.5 Å². The number of hydrogen-bond donors (Lipinski definition) is 0. The van der Waals surface area contributed by atoms with Crippen LogP contribution < -0.4 is 10.3 Å². The minimum atomic E-state index is -0.514. The Morgan fingerprint density at radius 2 is 1.76 bits per heavy atom. The molecule has 7 heteroatoms. The van der Waals surface area contributed by atoms with E-state index >= 15 is 0 Å². The molecule has 0 saturated heterocycles. The molecule has 3 aromatic rings. The van der Waals surface area contributed by atoms with Gasteiger partial charge >= 0.3 is 6.09 Å². The molecule has 4 rings (SSSR count). The maximum Gasteiger partial charge on any atom is 0.410 e. The van der Waals surface area contributed by atoms with Crippen molar-refractivity contribution in [2.75, 3.05) is 0 Å². The van der Waals surface area contributed by atoms with Gasteiger partial charge in [-0.15, -0.1) is 0 Å². The summed E-state index contributed by atoms with van der Waals surface area (Å²) in [6, 6.07) is 17.4. The SMILES string of the molecule is CC(C)(C)OC(=O)N1Cc2ccc(CCn3ncc(OCc4ccccc4)cc3=O)cc2C1. The molecule has 1 amide bonds. The Bertz CT molecular complexity index is 1180. The number of carbonyl (C=O) groups is 1. The van der Waals surface area contributed by atoms with Crippen molar-refractivity contribution >= 4 is 6.09 Å². The van der Waals surface area contributed by atoms with Crippen molar-refractivity contribution in [2.24, 2.45) is 0 Å². The summed E-state index contributed by atoms with van der Waals surface area (Å²) in [6.07, 6.45) is 1.94. The maximum absolute atomic E-state index is 12.5. The zero-order valence-electron chi connectivity index (χ0n) is 19.3. The predicted octanol–water partition coefficient (Wildman–Crippen LogP) is 4.32. The quantitative estimate of drug-likeness (QED) is 0.563. The molecule has 0 saturated carbocycles. The van der Waals surface area contributed by atoms with Crippen molar-refractivity contribution in [1.82, 2.24) is 14.7 Å². The van der Waals surface area contributed by atoms with Gasteiger partial charge in [-0.25, -0.2) is 9.48 Å². The van der Waals surface area contributed by atoms with E-state index in [2.05, 4.69) is 11.2 Å². The van der Waals surface area contributed by atoms with Crippen LogP contribution in [0.3, 0.4) is 0 Å². The van der Waals surface area contributed by atoms with Crippen LogP contribution in [0.5, 0.6) is 5.75 Å². The van der Waals surface area contributed by atoms with Crippen LogP contribution in [0.1, 0.15) is 43.0 Å². The Morgan fingerprint density at radius 1 is 1.00 bits per heavy atom. The van der Waals surface area contributed by atoms with Gasteiger partial charge in [0.15, 0.2) is 0 Å². The van der Waals surface area contributed by atoms with Crippen LogP contribution in [0, 0.1) is 0 Å². The lowest BCUT2D eigenvalue weighted by Gasteiger charge is -2.24. The first kappa shape index (κ1) is 22.6. The van der Waals surface area contributed by atoms with Crippen molar-refractivity contribution in [2.45, 2.75) is 59.0 Å². The lowest BCUT2D eigenvalue weighted by Crippen LogP contribution is -2.33. The topological polar surface area (TPSA) is 73.7 Å². The normalized spacial score (nSPS) is 13.0. The molecule has 1 aliphatic heterocycles.